The van der Waals surface area contributed by atoms with Gasteiger partial charge in [-0.3, -0.25) is 9.59 Å². The first kappa shape index (κ1) is 15.5. The van der Waals surface area contributed by atoms with E-state index >= 15 is 0 Å². The van der Waals surface area contributed by atoms with Gasteiger partial charge in [0.25, 0.3) is 5.91 Å². The van der Waals surface area contributed by atoms with Gasteiger partial charge < -0.3 is 10.6 Å². The number of carbonyl (C=O) groups excluding carboxylic acids is 2. The summed E-state index contributed by atoms with van der Waals surface area (Å²) in [5, 5.41) is 5.86. The van der Waals surface area contributed by atoms with Crippen LogP contribution in [-0.4, -0.2) is 23.9 Å². The SMILES string of the molecule is Cc1ccccc1C(=O)NC(CC(C)C)C(=O)NC1CC1. The van der Waals surface area contributed by atoms with Crippen molar-refractivity contribution in [3.05, 3.63) is 35.4 Å². The summed E-state index contributed by atoms with van der Waals surface area (Å²) < 4.78 is 0. The summed E-state index contributed by atoms with van der Waals surface area (Å²) in [7, 11) is 0. The third-order valence-electron chi connectivity index (χ3n) is 3.64. The summed E-state index contributed by atoms with van der Waals surface area (Å²) in [5.74, 6) is 0.106. The fourth-order valence-corrected chi connectivity index (χ4v) is 2.30. The van der Waals surface area contributed by atoms with E-state index < -0.39 is 6.04 Å². The molecule has 21 heavy (non-hydrogen) atoms. The molecule has 2 N–H and O–H groups in total. The number of rotatable bonds is 6. The Hall–Kier alpha value is -1.84. The molecule has 2 amide bonds. The van der Waals surface area contributed by atoms with Crippen molar-refractivity contribution in [1.29, 1.82) is 0 Å². The van der Waals surface area contributed by atoms with E-state index in [9.17, 15) is 9.59 Å². The zero-order valence-corrected chi connectivity index (χ0v) is 13.0. The summed E-state index contributed by atoms with van der Waals surface area (Å²) in [5.41, 5.74) is 1.55. The molecule has 114 valence electrons. The monoisotopic (exact) mass is 288 g/mol. The third kappa shape index (κ3) is 4.59. The van der Waals surface area contributed by atoms with Crippen molar-refractivity contribution in [1.82, 2.24) is 10.6 Å². The summed E-state index contributed by atoms with van der Waals surface area (Å²) in [6.45, 7) is 6.01. The molecule has 0 heterocycles. The number of amides is 2. The van der Waals surface area contributed by atoms with Crippen LogP contribution in [0.25, 0.3) is 0 Å². The second-order valence-corrected chi connectivity index (χ2v) is 6.25. The number of carbonyl (C=O) groups is 2. The molecule has 0 radical (unpaired) electrons. The maximum atomic E-state index is 12.4. The molecule has 0 saturated heterocycles. The molecule has 1 atom stereocenters. The number of nitrogens with one attached hydrogen (secondary N) is 2. The molecule has 1 aliphatic rings. The van der Waals surface area contributed by atoms with Crippen LogP contribution >= 0.6 is 0 Å². The molecule has 1 aromatic carbocycles. The number of hydrogen-bond donors (Lipinski definition) is 2. The smallest absolute Gasteiger partial charge is 0.252 e. The molecular weight excluding hydrogens is 264 g/mol. The van der Waals surface area contributed by atoms with Crippen LogP contribution < -0.4 is 10.6 Å². The highest BCUT2D eigenvalue weighted by Gasteiger charge is 2.29. The molecule has 1 fully saturated rings. The van der Waals surface area contributed by atoms with Crippen molar-refractivity contribution in [2.75, 3.05) is 0 Å². The minimum absolute atomic E-state index is 0.0619. The Balaban J connectivity index is 2.04. The lowest BCUT2D eigenvalue weighted by Gasteiger charge is -2.20. The molecule has 1 aromatic rings. The van der Waals surface area contributed by atoms with Crippen molar-refractivity contribution in [2.45, 2.75) is 52.1 Å². The van der Waals surface area contributed by atoms with Crippen LogP contribution in [0.1, 0.15) is 49.0 Å². The van der Waals surface area contributed by atoms with E-state index in [-0.39, 0.29) is 11.8 Å². The lowest BCUT2D eigenvalue weighted by molar-refractivity contribution is -0.123. The zero-order valence-electron chi connectivity index (χ0n) is 13.0. The topological polar surface area (TPSA) is 58.2 Å². The predicted molar refractivity (Wildman–Crippen MR) is 83.1 cm³/mol. The minimum atomic E-state index is -0.460. The van der Waals surface area contributed by atoms with Gasteiger partial charge in [-0.1, -0.05) is 32.0 Å². The number of benzene rings is 1. The average molecular weight is 288 g/mol. The number of hydrogen-bond acceptors (Lipinski definition) is 2. The molecule has 1 aliphatic carbocycles. The van der Waals surface area contributed by atoms with Crippen molar-refractivity contribution in [3.63, 3.8) is 0 Å². The van der Waals surface area contributed by atoms with Crippen LogP contribution in [0.5, 0.6) is 0 Å². The van der Waals surface area contributed by atoms with Crippen molar-refractivity contribution in [3.8, 4) is 0 Å². The Bertz CT molecular complexity index is 521. The lowest BCUT2D eigenvalue weighted by atomic mass is 10.0. The summed E-state index contributed by atoms with van der Waals surface area (Å²) >= 11 is 0. The summed E-state index contributed by atoms with van der Waals surface area (Å²) in [6, 6.07) is 7.27. The van der Waals surface area contributed by atoms with Crippen LogP contribution in [0.4, 0.5) is 0 Å². The van der Waals surface area contributed by atoms with E-state index in [2.05, 4.69) is 24.5 Å². The Labute approximate surface area is 126 Å². The van der Waals surface area contributed by atoms with Gasteiger partial charge >= 0.3 is 0 Å². The van der Waals surface area contributed by atoms with Gasteiger partial charge in [0.1, 0.15) is 6.04 Å². The van der Waals surface area contributed by atoms with E-state index in [1.54, 1.807) is 6.07 Å². The highest BCUT2D eigenvalue weighted by molar-refractivity contribution is 5.98. The molecule has 4 heteroatoms. The van der Waals surface area contributed by atoms with Gasteiger partial charge in [-0.25, -0.2) is 0 Å². The number of aryl methyl sites for hydroxylation is 1. The maximum absolute atomic E-state index is 12.4. The molecule has 0 bridgehead atoms. The highest BCUT2D eigenvalue weighted by atomic mass is 16.2. The first-order valence-corrected chi connectivity index (χ1v) is 7.64. The van der Waals surface area contributed by atoms with E-state index in [1.807, 2.05) is 25.1 Å². The maximum Gasteiger partial charge on any atom is 0.252 e. The van der Waals surface area contributed by atoms with Crippen LogP contribution in [0.3, 0.4) is 0 Å². The molecule has 4 nitrogen and oxygen atoms in total. The second kappa shape index (κ2) is 6.74. The first-order valence-electron chi connectivity index (χ1n) is 7.64. The Morgan fingerprint density at radius 3 is 2.48 bits per heavy atom. The Kier molecular flexibility index (Phi) is 4.99. The molecule has 2 rings (SSSR count). The van der Waals surface area contributed by atoms with Gasteiger partial charge in [0.2, 0.25) is 5.91 Å². The van der Waals surface area contributed by atoms with Gasteiger partial charge in [0, 0.05) is 11.6 Å². The van der Waals surface area contributed by atoms with Gasteiger partial charge in [-0.05, 0) is 43.7 Å². The second-order valence-electron chi connectivity index (χ2n) is 6.25. The van der Waals surface area contributed by atoms with Crippen molar-refractivity contribution < 1.29 is 9.59 Å². The molecule has 0 spiro atoms. The lowest BCUT2D eigenvalue weighted by Crippen LogP contribution is -2.48. The van der Waals surface area contributed by atoms with E-state index in [0.29, 0.717) is 23.9 Å². The van der Waals surface area contributed by atoms with E-state index in [4.69, 9.17) is 0 Å². The normalized spacial score (nSPS) is 15.6. The van der Waals surface area contributed by atoms with Crippen LogP contribution in [0, 0.1) is 12.8 Å². The van der Waals surface area contributed by atoms with Crippen molar-refractivity contribution >= 4 is 11.8 Å². The van der Waals surface area contributed by atoms with Crippen molar-refractivity contribution in [2.24, 2.45) is 5.92 Å². The molecule has 0 aliphatic heterocycles. The predicted octanol–water partition coefficient (Wildman–Crippen LogP) is 2.42. The molecule has 1 unspecified atom stereocenters. The third-order valence-corrected chi connectivity index (χ3v) is 3.64. The largest absolute Gasteiger partial charge is 0.352 e. The fraction of sp³-hybridized carbons (Fsp3) is 0.529. The molecule has 1 saturated carbocycles. The zero-order chi connectivity index (χ0) is 15.4. The van der Waals surface area contributed by atoms with Gasteiger partial charge in [-0.15, -0.1) is 0 Å². The van der Waals surface area contributed by atoms with E-state index in [0.717, 1.165) is 18.4 Å². The summed E-state index contributed by atoms with van der Waals surface area (Å²) in [4.78, 5) is 24.6. The van der Waals surface area contributed by atoms with Gasteiger partial charge in [0.05, 0.1) is 0 Å². The Morgan fingerprint density at radius 2 is 1.90 bits per heavy atom. The molecule has 0 aromatic heterocycles. The Morgan fingerprint density at radius 1 is 1.24 bits per heavy atom. The van der Waals surface area contributed by atoms with E-state index in [1.165, 1.54) is 0 Å². The highest BCUT2D eigenvalue weighted by Crippen LogP contribution is 2.19. The van der Waals surface area contributed by atoms with Crippen LogP contribution in [-0.2, 0) is 4.79 Å². The quantitative estimate of drug-likeness (QED) is 0.844. The van der Waals surface area contributed by atoms with Gasteiger partial charge in [-0.2, -0.15) is 0 Å². The van der Waals surface area contributed by atoms with Crippen LogP contribution in [0.15, 0.2) is 24.3 Å². The standard InChI is InChI=1S/C17H24N2O2/c1-11(2)10-15(17(21)18-13-8-9-13)19-16(20)14-7-5-4-6-12(14)3/h4-7,11,13,15H,8-10H2,1-3H3,(H,18,21)(H,19,20). The minimum Gasteiger partial charge on any atom is -0.352 e. The average Bonchev–Trinajstić information content (AvgIpc) is 3.21. The van der Waals surface area contributed by atoms with Crippen LogP contribution in [0.2, 0.25) is 0 Å². The van der Waals surface area contributed by atoms with Gasteiger partial charge in [0.15, 0.2) is 0 Å². The summed E-state index contributed by atoms with van der Waals surface area (Å²) in [6.07, 6.45) is 2.74. The molecular formula is C17H24N2O2. The fourth-order valence-electron chi connectivity index (χ4n) is 2.30. The first-order chi connectivity index (χ1) is 9.97.